The number of benzene rings is 1. The van der Waals surface area contributed by atoms with E-state index in [2.05, 4.69) is 0 Å². The molecule has 0 aliphatic heterocycles. The average molecular weight is 257 g/mol. The molecule has 1 unspecified atom stereocenters. The van der Waals surface area contributed by atoms with Crippen molar-refractivity contribution in [1.82, 2.24) is 0 Å². The highest BCUT2D eigenvalue weighted by molar-refractivity contribution is 6.30. The summed E-state index contributed by atoms with van der Waals surface area (Å²) in [5, 5.41) is 9.74. The van der Waals surface area contributed by atoms with Gasteiger partial charge in [-0.3, -0.25) is 4.79 Å². The number of hydrogen-bond acceptors (Lipinski definition) is 1. The predicted octanol–water partition coefficient (Wildman–Crippen LogP) is 3.52. The molecular weight excluding hydrogens is 243 g/mol. The van der Waals surface area contributed by atoms with E-state index < -0.39 is 11.4 Å². The van der Waals surface area contributed by atoms with Crippen LogP contribution < -0.4 is 0 Å². The highest BCUT2D eigenvalue weighted by atomic mass is 35.5. The molecule has 0 saturated heterocycles. The standard InChI is InChI=1S/C13H14ClFO2/c1-13(12(16)17,9-2-3-9)7-8-6-10(14)4-5-11(8)15/h4-6,9H,2-3,7H2,1H3,(H,16,17). The van der Waals surface area contributed by atoms with Crippen molar-refractivity contribution in [3.63, 3.8) is 0 Å². The monoisotopic (exact) mass is 256 g/mol. The van der Waals surface area contributed by atoms with Crippen LogP contribution >= 0.6 is 11.6 Å². The number of halogens is 2. The van der Waals surface area contributed by atoms with Gasteiger partial charge in [-0.05, 0) is 55.9 Å². The van der Waals surface area contributed by atoms with E-state index in [0.29, 0.717) is 10.6 Å². The Morgan fingerprint density at radius 1 is 1.59 bits per heavy atom. The molecule has 17 heavy (non-hydrogen) atoms. The molecule has 0 amide bonds. The number of hydrogen-bond donors (Lipinski definition) is 1. The summed E-state index contributed by atoms with van der Waals surface area (Å²) in [5.74, 6) is -1.10. The van der Waals surface area contributed by atoms with Crippen LogP contribution in [0, 0.1) is 17.2 Å². The Bertz CT molecular complexity index is 457. The SMILES string of the molecule is CC(Cc1cc(Cl)ccc1F)(C(=O)O)C1CC1. The van der Waals surface area contributed by atoms with Gasteiger partial charge >= 0.3 is 5.97 Å². The number of carboxylic acid groups (broad SMARTS) is 1. The van der Waals surface area contributed by atoms with Crippen LogP contribution in [0.1, 0.15) is 25.3 Å². The smallest absolute Gasteiger partial charge is 0.309 e. The second-order valence-electron chi connectivity index (χ2n) is 4.91. The maximum absolute atomic E-state index is 13.6. The number of carboxylic acids is 1. The van der Waals surface area contributed by atoms with Gasteiger partial charge in [-0.25, -0.2) is 4.39 Å². The Balaban J connectivity index is 2.29. The summed E-state index contributed by atoms with van der Waals surface area (Å²) >= 11 is 5.81. The minimum atomic E-state index is -0.883. The first-order chi connectivity index (χ1) is 7.93. The molecule has 1 fully saturated rings. The minimum Gasteiger partial charge on any atom is -0.481 e. The summed E-state index contributed by atoms with van der Waals surface area (Å²) in [7, 11) is 0. The van der Waals surface area contributed by atoms with E-state index in [-0.39, 0.29) is 18.2 Å². The van der Waals surface area contributed by atoms with E-state index in [9.17, 15) is 14.3 Å². The Kier molecular flexibility index (Phi) is 3.13. The van der Waals surface area contributed by atoms with Gasteiger partial charge in [0.1, 0.15) is 5.82 Å². The molecule has 1 aliphatic carbocycles. The maximum Gasteiger partial charge on any atom is 0.309 e. The molecule has 0 spiro atoms. The topological polar surface area (TPSA) is 37.3 Å². The largest absolute Gasteiger partial charge is 0.481 e. The molecule has 2 nitrogen and oxygen atoms in total. The first-order valence-electron chi connectivity index (χ1n) is 5.61. The van der Waals surface area contributed by atoms with E-state index in [1.807, 2.05) is 0 Å². The van der Waals surface area contributed by atoms with E-state index >= 15 is 0 Å². The van der Waals surface area contributed by atoms with Crippen LogP contribution in [0.2, 0.25) is 5.02 Å². The molecule has 1 N–H and O–H groups in total. The van der Waals surface area contributed by atoms with Crippen molar-refractivity contribution in [1.29, 1.82) is 0 Å². The normalized spacial score (nSPS) is 18.8. The molecule has 1 atom stereocenters. The van der Waals surface area contributed by atoms with Crippen LogP contribution in [-0.4, -0.2) is 11.1 Å². The van der Waals surface area contributed by atoms with Gasteiger partial charge in [-0.15, -0.1) is 0 Å². The fraction of sp³-hybridized carbons (Fsp3) is 0.462. The van der Waals surface area contributed by atoms with Gasteiger partial charge in [0.25, 0.3) is 0 Å². The molecule has 0 heterocycles. The molecule has 1 aromatic carbocycles. The summed E-state index contributed by atoms with van der Waals surface area (Å²) in [6.45, 7) is 1.69. The van der Waals surface area contributed by atoms with Gasteiger partial charge < -0.3 is 5.11 Å². The zero-order valence-electron chi connectivity index (χ0n) is 9.54. The van der Waals surface area contributed by atoms with Crippen LogP contribution in [0.4, 0.5) is 4.39 Å². The second-order valence-corrected chi connectivity index (χ2v) is 5.35. The van der Waals surface area contributed by atoms with Crippen molar-refractivity contribution >= 4 is 17.6 Å². The van der Waals surface area contributed by atoms with Gasteiger partial charge in [0.05, 0.1) is 5.41 Å². The van der Waals surface area contributed by atoms with Gasteiger partial charge in [0, 0.05) is 5.02 Å². The van der Waals surface area contributed by atoms with E-state index in [1.165, 1.54) is 18.2 Å². The summed E-state index contributed by atoms with van der Waals surface area (Å²) in [6, 6.07) is 4.27. The number of carbonyl (C=O) groups is 1. The van der Waals surface area contributed by atoms with Crippen molar-refractivity contribution in [3.8, 4) is 0 Å². The Labute approximate surface area is 104 Å². The van der Waals surface area contributed by atoms with Crippen molar-refractivity contribution in [2.24, 2.45) is 11.3 Å². The molecule has 92 valence electrons. The quantitative estimate of drug-likeness (QED) is 0.895. The van der Waals surface area contributed by atoms with Gasteiger partial charge in [0.2, 0.25) is 0 Å². The summed E-state index contributed by atoms with van der Waals surface area (Å²) in [6.07, 6.45) is 2.01. The van der Waals surface area contributed by atoms with Crippen LogP contribution in [0.25, 0.3) is 0 Å². The fourth-order valence-corrected chi connectivity index (χ4v) is 2.38. The lowest BCUT2D eigenvalue weighted by Gasteiger charge is -2.24. The van der Waals surface area contributed by atoms with Gasteiger partial charge in [0.15, 0.2) is 0 Å². The van der Waals surface area contributed by atoms with Crippen molar-refractivity contribution in [2.75, 3.05) is 0 Å². The van der Waals surface area contributed by atoms with Crippen molar-refractivity contribution in [3.05, 3.63) is 34.6 Å². The molecule has 4 heteroatoms. The molecule has 1 saturated carbocycles. The molecular formula is C13H14ClFO2. The van der Waals surface area contributed by atoms with Gasteiger partial charge in [-0.2, -0.15) is 0 Å². The predicted molar refractivity (Wildman–Crippen MR) is 63.6 cm³/mol. The van der Waals surface area contributed by atoms with Crippen LogP contribution in [-0.2, 0) is 11.2 Å². The van der Waals surface area contributed by atoms with E-state index in [0.717, 1.165) is 12.8 Å². The Morgan fingerprint density at radius 2 is 2.24 bits per heavy atom. The minimum absolute atomic E-state index is 0.151. The summed E-state index contributed by atoms with van der Waals surface area (Å²) < 4.78 is 13.6. The lowest BCUT2D eigenvalue weighted by atomic mass is 9.79. The highest BCUT2D eigenvalue weighted by Gasteiger charge is 2.47. The second kappa shape index (κ2) is 4.30. The molecule has 1 aliphatic rings. The zero-order valence-corrected chi connectivity index (χ0v) is 10.3. The van der Waals surface area contributed by atoms with Crippen LogP contribution in [0.15, 0.2) is 18.2 Å². The Hall–Kier alpha value is -1.09. The third-order valence-corrected chi connectivity index (χ3v) is 3.77. The lowest BCUT2D eigenvalue weighted by Crippen LogP contribution is -2.32. The van der Waals surface area contributed by atoms with Gasteiger partial charge in [-0.1, -0.05) is 11.6 Å². The first kappa shape index (κ1) is 12.4. The lowest BCUT2D eigenvalue weighted by molar-refractivity contribution is -0.149. The Morgan fingerprint density at radius 3 is 2.76 bits per heavy atom. The third-order valence-electron chi connectivity index (χ3n) is 3.53. The summed E-state index contributed by atoms with van der Waals surface area (Å²) in [5.41, 5.74) is -0.500. The third kappa shape index (κ3) is 2.44. The molecule has 0 radical (unpaired) electrons. The molecule has 1 aromatic rings. The van der Waals surface area contributed by atoms with Crippen molar-refractivity contribution in [2.45, 2.75) is 26.2 Å². The first-order valence-corrected chi connectivity index (χ1v) is 5.98. The molecule has 0 bridgehead atoms. The van der Waals surface area contributed by atoms with Crippen LogP contribution in [0.5, 0.6) is 0 Å². The van der Waals surface area contributed by atoms with Crippen LogP contribution in [0.3, 0.4) is 0 Å². The molecule has 0 aromatic heterocycles. The average Bonchev–Trinajstić information content (AvgIpc) is 3.06. The highest BCUT2D eigenvalue weighted by Crippen LogP contribution is 2.47. The zero-order chi connectivity index (χ0) is 12.6. The number of aliphatic carboxylic acids is 1. The molecule has 2 rings (SSSR count). The fourth-order valence-electron chi connectivity index (χ4n) is 2.19. The summed E-state index contributed by atoms with van der Waals surface area (Å²) in [4.78, 5) is 11.3. The van der Waals surface area contributed by atoms with Crippen molar-refractivity contribution < 1.29 is 14.3 Å². The van der Waals surface area contributed by atoms with E-state index in [1.54, 1.807) is 6.92 Å². The number of rotatable bonds is 4. The maximum atomic E-state index is 13.6. The van der Waals surface area contributed by atoms with E-state index in [4.69, 9.17) is 11.6 Å².